The van der Waals surface area contributed by atoms with Gasteiger partial charge in [-0.15, -0.1) is 0 Å². The lowest BCUT2D eigenvalue weighted by molar-refractivity contribution is 0.0623. The van der Waals surface area contributed by atoms with Gasteiger partial charge in [0.15, 0.2) is 0 Å². The first-order valence-electron chi connectivity index (χ1n) is 7.67. The highest BCUT2D eigenvalue weighted by atomic mass is 16.2. The fraction of sp³-hybridized carbons (Fsp3) is 0.611. The predicted molar refractivity (Wildman–Crippen MR) is 84.0 cm³/mol. The summed E-state index contributed by atoms with van der Waals surface area (Å²) in [5, 5.41) is 0. The van der Waals surface area contributed by atoms with Gasteiger partial charge in [0.05, 0.1) is 0 Å². The van der Waals surface area contributed by atoms with Crippen molar-refractivity contribution in [1.29, 1.82) is 0 Å². The molecule has 110 valence electrons. The van der Waals surface area contributed by atoms with Gasteiger partial charge in [-0.3, -0.25) is 4.79 Å². The maximum absolute atomic E-state index is 12.6. The normalized spacial score (nSPS) is 23.8. The van der Waals surface area contributed by atoms with E-state index >= 15 is 0 Å². The van der Waals surface area contributed by atoms with Crippen molar-refractivity contribution in [1.82, 2.24) is 4.90 Å². The number of carbonyl (C=O) groups excluding carboxylic acids is 1. The molecule has 0 spiro atoms. The number of hydrogen-bond acceptors (Lipinski definition) is 1. The van der Waals surface area contributed by atoms with Gasteiger partial charge in [-0.05, 0) is 41.4 Å². The fourth-order valence-corrected chi connectivity index (χ4v) is 3.12. The van der Waals surface area contributed by atoms with Gasteiger partial charge in [0, 0.05) is 18.7 Å². The fourth-order valence-electron chi connectivity index (χ4n) is 3.12. The summed E-state index contributed by atoms with van der Waals surface area (Å²) in [6.45, 7) is 12.8. The van der Waals surface area contributed by atoms with Gasteiger partial charge in [0.2, 0.25) is 0 Å². The SMILES string of the molecule is C[C@@H]1C[C@H](C)CN(C(=O)c2ccc(C(C)(C)C)cc2)C1. The molecule has 0 aromatic heterocycles. The standard InChI is InChI=1S/C18H27NO/c1-13-10-14(2)12-19(11-13)17(20)15-6-8-16(9-7-15)18(3,4)5/h6-9,13-14H,10-12H2,1-5H3/t13-,14+. The van der Waals surface area contributed by atoms with Crippen LogP contribution in [0.15, 0.2) is 24.3 Å². The van der Waals surface area contributed by atoms with E-state index in [1.54, 1.807) is 0 Å². The monoisotopic (exact) mass is 273 g/mol. The maximum Gasteiger partial charge on any atom is 0.253 e. The molecule has 0 bridgehead atoms. The van der Waals surface area contributed by atoms with E-state index in [0.717, 1.165) is 18.7 Å². The van der Waals surface area contributed by atoms with Crippen LogP contribution in [0.4, 0.5) is 0 Å². The Kier molecular flexibility index (Phi) is 4.22. The summed E-state index contributed by atoms with van der Waals surface area (Å²) in [6, 6.07) is 8.13. The summed E-state index contributed by atoms with van der Waals surface area (Å²) in [5.74, 6) is 1.40. The van der Waals surface area contributed by atoms with Gasteiger partial charge in [-0.2, -0.15) is 0 Å². The molecule has 20 heavy (non-hydrogen) atoms. The van der Waals surface area contributed by atoms with E-state index in [1.807, 2.05) is 17.0 Å². The third kappa shape index (κ3) is 3.41. The van der Waals surface area contributed by atoms with Gasteiger partial charge in [-0.1, -0.05) is 46.8 Å². The lowest BCUT2D eigenvalue weighted by atomic mass is 9.86. The molecule has 1 amide bonds. The second-order valence-corrected chi connectivity index (χ2v) is 7.48. The van der Waals surface area contributed by atoms with Crippen LogP contribution in [0.1, 0.15) is 57.0 Å². The molecule has 0 saturated carbocycles. The van der Waals surface area contributed by atoms with E-state index in [0.29, 0.717) is 11.8 Å². The minimum atomic E-state index is 0.135. The zero-order valence-corrected chi connectivity index (χ0v) is 13.4. The van der Waals surface area contributed by atoms with Crippen LogP contribution in [0, 0.1) is 11.8 Å². The second kappa shape index (κ2) is 5.59. The molecule has 0 radical (unpaired) electrons. The summed E-state index contributed by atoms with van der Waals surface area (Å²) in [7, 11) is 0. The zero-order chi connectivity index (χ0) is 14.9. The Hall–Kier alpha value is -1.31. The van der Waals surface area contributed by atoms with Crippen molar-refractivity contribution in [3.63, 3.8) is 0 Å². The topological polar surface area (TPSA) is 20.3 Å². The molecule has 1 aliphatic rings. The van der Waals surface area contributed by atoms with Crippen molar-refractivity contribution in [2.75, 3.05) is 13.1 Å². The number of piperidine rings is 1. The summed E-state index contributed by atoms with van der Waals surface area (Å²) < 4.78 is 0. The highest BCUT2D eigenvalue weighted by Crippen LogP contribution is 2.25. The van der Waals surface area contributed by atoms with Gasteiger partial charge in [0.25, 0.3) is 5.91 Å². The van der Waals surface area contributed by atoms with E-state index in [1.165, 1.54) is 12.0 Å². The Bertz CT molecular complexity index is 459. The number of carbonyl (C=O) groups is 1. The molecule has 2 rings (SSSR count). The Morgan fingerprint density at radius 1 is 1.05 bits per heavy atom. The number of benzene rings is 1. The predicted octanol–water partition coefficient (Wildman–Crippen LogP) is 4.10. The largest absolute Gasteiger partial charge is 0.338 e. The van der Waals surface area contributed by atoms with Crippen molar-refractivity contribution in [2.45, 2.75) is 46.5 Å². The molecule has 1 aliphatic heterocycles. The molecular formula is C18H27NO. The van der Waals surface area contributed by atoms with Crippen LogP contribution in [0.3, 0.4) is 0 Å². The Labute approximate surface area is 123 Å². The van der Waals surface area contributed by atoms with Crippen molar-refractivity contribution < 1.29 is 4.79 Å². The Morgan fingerprint density at radius 3 is 2.00 bits per heavy atom. The molecule has 1 saturated heterocycles. The number of nitrogens with zero attached hydrogens (tertiary/aromatic N) is 1. The first-order valence-corrected chi connectivity index (χ1v) is 7.67. The van der Waals surface area contributed by atoms with Crippen molar-refractivity contribution in [2.24, 2.45) is 11.8 Å². The van der Waals surface area contributed by atoms with Crippen LogP contribution >= 0.6 is 0 Å². The van der Waals surface area contributed by atoms with Crippen LogP contribution < -0.4 is 0 Å². The quantitative estimate of drug-likeness (QED) is 0.754. The zero-order valence-electron chi connectivity index (χ0n) is 13.4. The molecule has 1 fully saturated rings. The number of amides is 1. The third-order valence-corrected chi connectivity index (χ3v) is 4.15. The minimum Gasteiger partial charge on any atom is -0.338 e. The van der Waals surface area contributed by atoms with E-state index in [9.17, 15) is 4.79 Å². The van der Waals surface area contributed by atoms with Crippen LogP contribution in [0.5, 0.6) is 0 Å². The third-order valence-electron chi connectivity index (χ3n) is 4.15. The van der Waals surface area contributed by atoms with Crippen LogP contribution in [-0.2, 0) is 5.41 Å². The molecule has 0 aliphatic carbocycles. The highest BCUT2D eigenvalue weighted by molar-refractivity contribution is 5.94. The molecule has 0 N–H and O–H groups in total. The van der Waals surface area contributed by atoms with Crippen LogP contribution in [-0.4, -0.2) is 23.9 Å². The summed E-state index contributed by atoms with van der Waals surface area (Å²) in [5.41, 5.74) is 2.23. The van der Waals surface area contributed by atoms with Gasteiger partial charge < -0.3 is 4.90 Å². The van der Waals surface area contributed by atoms with E-state index in [2.05, 4.69) is 46.8 Å². The first kappa shape index (κ1) is 15.1. The number of likely N-dealkylation sites (tertiary alicyclic amines) is 1. The highest BCUT2D eigenvalue weighted by Gasteiger charge is 2.26. The van der Waals surface area contributed by atoms with E-state index < -0.39 is 0 Å². The molecule has 2 heteroatoms. The van der Waals surface area contributed by atoms with Gasteiger partial charge >= 0.3 is 0 Å². The average molecular weight is 273 g/mol. The van der Waals surface area contributed by atoms with Crippen molar-refractivity contribution in [3.8, 4) is 0 Å². The van der Waals surface area contributed by atoms with Gasteiger partial charge in [0.1, 0.15) is 0 Å². The molecule has 2 atom stereocenters. The Balaban J connectivity index is 2.13. The molecule has 0 unspecified atom stereocenters. The minimum absolute atomic E-state index is 0.135. The van der Waals surface area contributed by atoms with E-state index in [-0.39, 0.29) is 11.3 Å². The molecule has 1 heterocycles. The maximum atomic E-state index is 12.6. The Morgan fingerprint density at radius 2 is 1.55 bits per heavy atom. The van der Waals surface area contributed by atoms with Crippen LogP contribution in [0.2, 0.25) is 0 Å². The van der Waals surface area contributed by atoms with Crippen molar-refractivity contribution >= 4 is 5.91 Å². The summed E-state index contributed by atoms with van der Waals surface area (Å²) in [6.07, 6.45) is 1.23. The first-order chi connectivity index (χ1) is 9.27. The van der Waals surface area contributed by atoms with Gasteiger partial charge in [-0.25, -0.2) is 0 Å². The van der Waals surface area contributed by atoms with E-state index in [4.69, 9.17) is 0 Å². The molecule has 2 nitrogen and oxygen atoms in total. The van der Waals surface area contributed by atoms with Crippen LogP contribution in [0.25, 0.3) is 0 Å². The molecular weight excluding hydrogens is 246 g/mol. The molecule has 1 aromatic rings. The lowest BCUT2D eigenvalue weighted by Crippen LogP contribution is -2.42. The van der Waals surface area contributed by atoms with Crippen molar-refractivity contribution in [3.05, 3.63) is 35.4 Å². The summed E-state index contributed by atoms with van der Waals surface area (Å²) in [4.78, 5) is 14.6. The number of hydrogen-bond donors (Lipinski definition) is 0. The average Bonchev–Trinajstić information content (AvgIpc) is 2.36. The molecule has 1 aromatic carbocycles. The lowest BCUT2D eigenvalue weighted by Gasteiger charge is -2.35. The number of rotatable bonds is 1. The summed E-state index contributed by atoms with van der Waals surface area (Å²) >= 11 is 0. The second-order valence-electron chi connectivity index (χ2n) is 7.48. The smallest absolute Gasteiger partial charge is 0.253 e.